The van der Waals surface area contributed by atoms with Gasteiger partial charge in [-0.2, -0.15) is 4.31 Å². The van der Waals surface area contributed by atoms with Gasteiger partial charge in [-0.1, -0.05) is 17.7 Å². The quantitative estimate of drug-likeness (QED) is 0.851. The molecular weight excluding hydrogens is 310 g/mol. The van der Waals surface area contributed by atoms with Crippen LogP contribution >= 0.6 is 0 Å². The van der Waals surface area contributed by atoms with Crippen LogP contribution in [0.3, 0.4) is 0 Å². The standard InChI is InChI=1S/C14H17NO6S/c1-9-2-4-11(5-3-9)22(20,21)15-7-6-10(13(16)17)8-12(15)14(18)19/h2-5,10,12H,6-8H2,1H3,(H,16,17)(H,18,19)/t10-,12-/m0/s1. The molecule has 22 heavy (non-hydrogen) atoms. The van der Waals surface area contributed by atoms with Crippen LogP contribution in [-0.4, -0.2) is 47.5 Å². The zero-order valence-corrected chi connectivity index (χ0v) is 12.8. The molecule has 7 nitrogen and oxygen atoms in total. The first-order valence-corrected chi connectivity index (χ1v) is 8.21. The Labute approximate surface area is 128 Å². The molecule has 120 valence electrons. The number of carbonyl (C=O) groups is 2. The maximum absolute atomic E-state index is 12.6. The Bertz CT molecular complexity index is 682. The van der Waals surface area contributed by atoms with Gasteiger partial charge in [0.25, 0.3) is 0 Å². The molecule has 1 aromatic carbocycles. The van der Waals surface area contributed by atoms with Crippen molar-refractivity contribution >= 4 is 22.0 Å². The van der Waals surface area contributed by atoms with Crippen LogP contribution in [0.5, 0.6) is 0 Å². The summed E-state index contributed by atoms with van der Waals surface area (Å²) in [7, 11) is -3.96. The Hall–Kier alpha value is -1.93. The van der Waals surface area contributed by atoms with E-state index in [1.54, 1.807) is 12.1 Å². The van der Waals surface area contributed by atoms with Crippen molar-refractivity contribution in [1.29, 1.82) is 0 Å². The van der Waals surface area contributed by atoms with Gasteiger partial charge in [-0.25, -0.2) is 8.42 Å². The molecule has 1 aromatic rings. The van der Waals surface area contributed by atoms with Gasteiger partial charge in [0.1, 0.15) is 6.04 Å². The molecular formula is C14H17NO6S. The summed E-state index contributed by atoms with van der Waals surface area (Å²) < 4.78 is 26.1. The maximum Gasteiger partial charge on any atom is 0.322 e. The Kier molecular flexibility index (Phi) is 4.52. The molecule has 1 aliphatic rings. The number of nitrogens with zero attached hydrogens (tertiary/aromatic N) is 1. The normalized spacial score (nSPS) is 23.1. The lowest BCUT2D eigenvalue weighted by molar-refractivity contribution is -0.148. The lowest BCUT2D eigenvalue weighted by Gasteiger charge is -2.34. The van der Waals surface area contributed by atoms with Crippen molar-refractivity contribution in [3.8, 4) is 0 Å². The number of carboxylic acids is 2. The molecule has 2 rings (SSSR count). The molecule has 0 radical (unpaired) electrons. The molecule has 1 saturated heterocycles. The SMILES string of the molecule is Cc1ccc(S(=O)(=O)N2CC[C@H](C(=O)O)C[C@H]2C(=O)O)cc1. The van der Waals surface area contributed by atoms with E-state index in [2.05, 4.69) is 0 Å². The highest BCUT2D eigenvalue weighted by Gasteiger charge is 2.42. The van der Waals surface area contributed by atoms with E-state index in [1.807, 2.05) is 6.92 Å². The fourth-order valence-corrected chi connectivity index (χ4v) is 4.13. The summed E-state index contributed by atoms with van der Waals surface area (Å²) in [5.41, 5.74) is 0.887. The van der Waals surface area contributed by atoms with Gasteiger partial charge in [-0.15, -0.1) is 0 Å². The molecule has 0 bridgehead atoms. The van der Waals surface area contributed by atoms with Crippen LogP contribution in [0.2, 0.25) is 0 Å². The minimum Gasteiger partial charge on any atom is -0.481 e. The van der Waals surface area contributed by atoms with Gasteiger partial charge < -0.3 is 10.2 Å². The molecule has 0 aromatic heterocycles. The van der Waals surface area contributed by atoms with Crippen molar-refractivity contribution in [3.63, 3.8) is 0 Å². The Morgan fingerprint density at radius 2 is 1.73 bits per heavy atom. The van der Waals surface area contributed by atoms with Crippen molar-refractivity contribution in [2.24, 2.45) is 5.92 Å². The second-order valence-electron chi connectivity index (χ2n) is 5.34. The van der Waals surface area contributed by atoms with Crippen molar-refractivity contribution < 1.29 is 28.2 Å². The van der Waals surface area contributed by atoms with Crippen LogP contribution in [0.1, 0.15) is 18.4 Å². The van der Waals surface area contributed by atoms with Gasteiger partial charge in [-0.3, -0.25) is 9.59 Å². The van der Waals surface area contributed by atoms with Gasteiger partial charge in [-0.05, 0) is 31.9 Å². The lowest BCUT2D eigenvalue weighted by Crippen LogP contribution is -2.51. The van der Waals surface area contributed by atoms with Crippen molar-refractivity contribution in [2.75, 3.05) is 6.54 Å². The number of aliphatic carboxylic acids is 2. The fourth-order valence-electron chi connectivity index (χ4n) is 2.53. The summed E-state index contributed by atoms with van der Waals surface area (Å²) in [5.74, 6) is -3.27. The minimum atomic E-state index is -3.96. The number of hydrogen-bond donors (Lipinski definition) is 2. The molecule has 1 aliphatic heterocycles. The first kappa shape index (κ1) is 16.4. The predicted octanol–water partition coefficient (Wildman–Crippen LogP) is 0.934. The highest BCUT2D eigenvalue weighted by molar-refractivity contribution is 7.89. The van der Waals surface area contributed by atoms with E-state index < -0.39 is 33.9 Å². The monoisotopic (exact) mass is 327 g/mol. The van der Waals surface area contributed by atoms with Crippen LogP contribution in [-0.2, 0) is 19.6 Å². The van der Waals surface area contributed by atoms with Crippen molar-refractivity contribution in [1.82, 2.24) is 4.31 Å². The number of hydrogen-bond acceptors (Lipinski definition) is 4. The van der Waals surface area contributed by atoms with E-state index in [0.29, 0.717) is 0 Å². The Morgan fingerprint density at radius 1 is 1.14 bits per heavy atom. The largest absolute Gasteiger partial charge is 0.481 e. The third-order valence-corrected chi connectivity index (χ3v) is 5.74. The average Bonchev–Trinajstić information content (AvgIpc) is 2.46. The van der Waals surface area contributed by atoms with E-state index in [0.717, 1.165) is 9.87 Å². The summed E-state index contributed by atoms with van der Waals surface area (Å²) in [6.07, 6.45) is -0.125. The van der Waals surface area contributed by atoms with Crippen LogP contribution < -0.4 is 0 Å². The number of aryl methyl sites for hydroxylation is 1. The molecule has 2 N–H and O–H groups in total. The first-order chi connectivity index (χ1) is 10.2. The van der Waals surface area contributed by atoms with Gasteiger partial charge in [0.15, 0.2) is 0 Å². The third-order valence-electron chi connectivity index (χ3n) is 3.82. The van der Waals surface area contributed by atoms with Crippen LogP contribution in [0.15, 0.2) is 29.2 Å². The summed E-state index contributed by atoms with van der Waals surface area (Å²) in [6, 6.07) is 4.75. The molecule has 8 heteroatoms. The van der Waals surface area contributed by atoms with Crippen molar-refractivity contribution in [3.05, 3.63) is 29.8 Å². The number of carboxylic acid groups (broad SMARTS) is 2. The molecule has 0 unspecified atom stereocenters. The van der Waals surface area contributed by atoms with Crippen LogP contribution in [0.4, 0.5) is 0 Å². The van der Waals surface area contributed by atoms with E-state index in [4.69, 9.17) is 5.11 Å². The molecule has 0 spiro atoms. The fraction of sp³-hybridized carbons (Fsp3) is 0.429. The number of sulfonamides is 1. The lowest BCUT2D eigenvalue weighted by atomic mass is 9.93. The summed E-state index contributed by atoms with van der Waals surface area (Å²) in [6.45, 7) is 1.69. The topological polar surface area (TPSA) is 112 Å². The second-order valence-corrected chi connectivity index (χ2v) is 7.23. The average molecular weight is 327 g/mol. The van der Waals surface area contributed by atoms with Crippen molar-refractivity contribution in [2.45, 2.75) is 30.7 Å². The zero-order chi connectivity index (χ0) is 16.5. The maximum atomic E-state index is 12.6. The molecule has 1 heterocycles. The zero-order valence-electron chi connectivity index (χ0n) is 12.0. The summed E-state index contributed by atoms with van der Waals surface area (Å²) >= 11 is 0. The summed E-state index contributed by atoms with van der Waals surface area (Å²) in [4.78, 5) is 22.4. The first-order valence-electron chi connectivity index (χ1n) is 6.77. The predicted molar refractivity (Wildman–Crippen MR) is 76.9 cm³/mol. The van der Waals surface area contributed by atoms with Gasteiger partial charge in [0.05, 0.1) is 10.8 Å². The number of piperidine rings is 1. The second kappa shape index (κ2) is 6.05. The molecule has 1 fully saturated rings. The Morgan fingerprint density at radius 3 is 2.23 bits per heavy atom. The minimum absolute atomic E-state index is 0.0122. The van der Waals surface area contributed by atoms with E-state index in [1.165, 1.54) is 12.1 Å². The highest BCUT2D eigenvalue weighted by atomic mass is 32.2. The smallest absolute Gasteiger partial charge is 0.322 e. The number of benzene rings is 1. The van der Waals surface area contributed by atoms with E-state index >= 15 is 0 Å². The van der Waals surface area contributed by atoms with E-state index in [-0.39, 0.29) is 24.3 Å². The molecule has 0 saturated carbocycles. The van der Waals surface area contributed by atoms with Gasteiger partial charge >= 0.3 is 11.9 Å². The van der Waals surface area contributed by atoms with Crippen LogP contribution in [0.25, 0.3) is 0 Å². The Balaban J connectivity index is 2.35. The number of rotatable bonds is 4. The highest BCUT2D eigenvalue weighted by Crippen LogP contribution is 2.29. The molecule has 0 amide bonds. The third kappa shape index (κ3) is 3.12. The molecule has 2 atom stereocenters. The van der Waals surface area contributed by atoms with Gasteiger partial charge in [0, 0.05) is 6.54 Å². The summed E-state index contributed by atoms with van der Waals surface area (Å²) in [5, 5.41) is 18.3. The van der Waals surface area contributed by atoms with Crippen LogP contribution in [0, 0.1) is 12.8 Å². The van der Waals surface area contributed by atoms with Gasteiger partial charge in [0.2, 0.25) is 10.0 Å². The van der Waals surface area contributed by atoms with E-state index in [9.17, 15) is 23.1 Å². The molecule has 0 aliphatic carbocycles.